The van der Waals surface area contributed by atoms with E-state index in [2.05, 4.69) is 31.1 Å². The van der Waals surface area contributed by atoms with Crippen LogP contribution >= 0.6 is 22.6 Å². The highest BCUT2D eigenvalue weighted by atomic mass is 127. The third-order valence-electron chi connectivity index (χ3n) is 3.03. The summed E-state index contributed by atoms with van der Waals surface area (Å²) < 4.78 is 2.39. The summed E-state index contributed by atoms with van der Waals surface area (Å²) in [4.78, 5) is 16.1. The minimum atomic E-state index is 0.0502. The molecule has 5 heteroatoms. The zero-order valence-corrected chi connectivity index (χ0v) is 13.0. The minimum absolute atomic E-state index is 0.0502. The van der Waals surface area contributed by atoms with Gasteiger partial charge >= 0.3 is 0 Å². The standard InChI is InChI=1S/C12H20IN3O/c1-5-12(3,4)15-6-7-16-9(2)14-8-10(13)11(16)17/h8,15H,5-7H2,1-4H3. The summed E-state index contributed by atoms with van der Waals surface area (Å²) in [7, 11) is 0. The van der Waals surface area contributed by atoms with Crippen molar-refractivity contribution in [2.75, 3.05) is 6.54 Å². The van der Waals surface area contributed by atoms with Gasteiger partial charge < -0.3 is 5.32 Å². The molecule has 0 aliphatic heterocycles. The molecule has 0 aliphatic rings. The van der Waals surface area contributed by atoms with E-state index in [0.29, 0.717) is 10.1 Å². The fourth-order valence-corrected chi connectivity index (χ4v) is 1.88. The van der Waals surface area contributed by atoms with Gasteiger partial charge in [-0.3, -0.25) is 9.36 Å². The monoisotopic (exact) mass is 349 g/mol. The summed E-state index contributed by atoms with van der Waals surface area (Å²) in [5.41, 5.74) is 0.168. The average molecular weight is 349 g/mol. The molecule has 0 aromatic carbocycles. The first-order valence-electron chi connectivity index (χ1n) is 5.84. The van der Waals surface area contributed by atoms with Crippen LogP contribution in [0.3, 0.4) is 0 Å². The van der Waals surface area contributed by atoms with Crippen molar-refractivity contribution in [3.63, 3.8) is 0 Å². The van der Waals surface area contributed by atoms with E-state index < -0.39 is 0 Å². The second-order valence-corrected chi connectivity index (χ2v) is 5.94. The Morgan fingerprint density at radius 1 is 1.53 bits per heavy atom. The van der Waals surface area contributed by atoms with Gasteiger partial charge in [0, 0.05) is 24.8 Å². The number of aryl methyl sites for hydroxylation is 1. The van der Waals surface area contributed by atoms with Crippen LogP contribution in [0, 0.1) is 10.5 Å². The van der Waals surface area contributed by atoms with Gasteiger partial charge in [-0.05, 0) is 49.8 Å². The Labute approximate surface area is 116 Å². The molecule has 1 aromatic heterocycles. The fraction of sp³-hybridized carbons (Fsp3) is 0.667. The Morgan fingerprint density at radius 2 is 2.18 bits per heavy atom. The van der Waals surface area contributed by atoms with Crippen molar-refractivity contribution >= 4 is 22.6 Å². The molecule has 96 valence electrons. The fourth-order valence-electron chi connectivity index (χ4n) is 1.45. The predicted molar refractivity (Wildman–Crippen MR) is 78.3 cm³/mol. The zero-order chi connectivity index (χ0) is 13.1. The Morgan fingerprint density at radius 3 is 2.76 bits per heavy atom. The van der Waals surface area contributed by atoms with Crippen molar-refractivity contribution in [2.24, 2.45) is 0 Å². The van der Waals surface area contributed by atoms with E-state index in [4.69, 9.17) is 0 Å². The maximum absolute atomic E-state index is 11.9. The third kappa shape index (κ3) is 4.06. The molecule has 1 N–H and O–H groups in total. The van der Waals surface area contributed by atoms with E-state index in [1.165, 1.54) is 0 Å². The van der Waals surface area contributed by atoms with E-state index in [1.54, 1.807) is 10.8 Å². The lowest BCUT2D eigenvalue weighted by atomic mass is 10.0. The lowest BCUT2D eigenvalue weighted by molar-refractivity contribution is 0.365. The largest absolute Gasteiger partial charge is 0.310 e. The minimum Gasteiger partial charge on any atom is -0.310 e. The molecule has 0 radical (unpaired) electrons. The Kier molecular flexibility index (Phi) is 5.12. The van der Waals surface area contributed by atoms with Gasteiger partial charge in [0.15, 0.2) is 0 Å². The van der Waals surface area contributed by atoms with Crippen LogP contribution in [0.5, 0.6) is 0 Å². The highest BCUT2D eigenvalue weighted by molar-refractivity contribution is 14.1. The van der Waals surface area contributed by atoms with E-state index >= 15 is 0 Å². The van der Waals surface area contributed by atoms with Gasteiger partial charge in [-0.15, -0.1) is 0 Å². The van der Waals surface area contributed by atoms with Gasteiger partial charge in [-0.2, -0.15) is 0 Å². The molecule has 0 spiro atoms. The quantitative estimate of drug-likeness (QED) is 0.827. The van der Waals surface area contributed by atoms with Crippen molar-refractivity contribution in [3.05, 3.63) is 25.9 Å². The molecule has 0 saturated carbocycles. The van der Waals surface area contributed by atoms with Crippen molar-refractivity contribution in [1.82, 2.24) is 14.9 Å². The van der Waals surface area contributed by atoms with Gasteiger partial charge in [0.05, 0.1) is 3.57 Å². The number of rotatable bonds is 5. The third-order valence-corrected chi connectivity index (χ3v) is 3.77. The van der Waals surface area contributed by atoms with Crippen LogP contribution in [0.1, 0.15) is 33.0 Å². The highest BCUT2D eigenvalue weighted by Gasteiger charge is 2.13. The van der Waals surface area contributed by atoms with Gasteiger partial charge in [0.2, 0.25) is 0 Å². The predicted octanol–water partition coefficient (Wildman–Crippen LogP) is 1.93. The highest BCUT2D eigenvalue weighted by Crippen LogP contribution is 2.06. The van der Waals surface area contributed by atoms with Crippen molar-refractivity contribution in [1.29, 1.82) is 0 Å². The van der Waals surface area contributed by atoms with Crippen LogP contribution in [0.4, 0.5) is 0 Å². The second-order valence-electron chi connectivity index (χ2n) is 4.77. The molecule has 1 aromatic rings. The maximum atomic E-state index is 11.9. The van der Waals surface area contributed by atoms with E-state index in [9.17, 15) is 4.79 Å². The summed E-state index contributed by atoms with van der Waals surface area (Å²) in [6.45, 7) is 9.78. The SMILES string of the molecule is CCC(C)(C)NCCn1c(C)ncc(I)c1=O. The molecule has 0 bridgehead atoms. The van der Waals surface area contributed by atoms with Crippen LogP contribution in [0.15, 0.2) is 11.0 Å². The smallest absolute Gasteiger partial charge is 0.266 e. The molecular formula is C12H20IN3O. The summed E-state index contributed by atoms with van der Waals surface area (Å²) in [6, 6.07) is 0. The van der Waals surface area contributed by atoms with Gasteiger partial charge in [-0.1, -0.05) is 6.92 Å². The molecule has 1 heterocycles. The van der Waals surface area contributed by atoms with Crippen LogP contribution in [-0.4, -0.2) is 21.6 Å². The molecule has 1 rings (SSSR count). The Bertz CT molecular complexity index is 440. The molecule has 17 heavy (non-hydrogen) atoms. The summed E-state index contributed by atoms with van der Waals surface area (Å²) >= 11 is 2.03. The number of hydrogen-bond acceptors (Lipinski definition) is 3. The topological polar surface area (TPSA) is 46.9 Å². The number of hydrogen-bond donors (Lipinski definition) is 1. The van der Waals surface area contributed by atoms with Crippen molar-refractivity contribution < 1.29 is 0 Å². The molecule has 0 unspecified atom stereocenters. The van der Waals surface area contributed by atoms with Crippen molar-refractivity contribution in [3.8, 4) is 0 Å². The second kappa shape index (κ2) is 5.95. The van der Waals surface area contributed by atoms with E-state index in [0.717, 1.165) is 18.8 Å². The lowest BCUT2D eigenvalue weighted by Crippen LogP contribution is -2.41. The summed E-state index contributed by atoms with van der Waals surface area (Å²) in [6.07, 6.45) is 2.68. The molecule has 0 atom stereocenters. The summed E-state index contributed by atoms with van der Waals surface area (Å²) in [5.74, 6) is 0.770. The Balaban J connectivity index is 2.71. The number of halogens is 1. The molecule has 0 fully saturated rings. The Hall–Kier alpha value is -0.430. The van der Waals surface area contributed by atoms with Crippen LogP contribution in [0.25, 0.3) is 0 Å². The number of aromatic nitrogens is 2. The van der Waals surface area contributed by atoms with Crippen LogP contribution < -0.4 is 10.9 Å². The maximum Gasteiger partial charge on any atom is 0.266 e. The molecule has 0 saturated heterocycles. The van der Waals surface area contributed by atoms with Crippen LogP contribution in [-0.2, 0) is 6.54 Å². The number of nitrogens with zero attached hydrogens (tertiary/aromatic N) is 2. The average Bonchev–Trinajstić information content (AvgIpc) is 2.28. The number of nitrogens with one attached hydrogen (secondary N) is 1. The first-order chi connectivity index (χ1) is 7.87. The van der Waals surface area contributed by atoms with Gasteiger partial charge in [0.25, 0.3) is 5.56 Å². The first-order valence-corrected chi connectivity index (χ1v) is 6.92. The molecule has 4 nitrogen and oxygen atoms in total. The normalized spacial score (nSPS) is 11.8. The van der Waals surface area contributed by atoms with Crippen molar-refractivity contribution in [2.45, 2.75) is 46.2 Å². The van der Waals surface area contributed by atoms with Gasteiger partial charge in [0.1, 0.15) is 5.82 Å². The summed E-state index contributed by atoms with van der Waals surface area (Å²) in [5, 5.41) is 3.44. The first kappa shape index (κ1) is 14.6. The van der Waals surface area contributed by atoms with E-state index in [-0.39, 0.29) is 11.1 Å². The zero-order valence-electron chi connectivity index (χ0n) is 10.9. The van der Waals surface area contributed by atoms with Gasteiger partial charge in [-0.25, -0.2) is 4.98 Å². The molecule has 0 aliphatic carbocycles. The molecular weight excluding hydrogens is 329 g/mol. The van der Waals surface area contributed by atoms with E-state index in [1.807, 2.05) is 29.5 Å². The van der Waals surface area contributed by atoms with Crippen LogP contribution in [0.2, 0.25) is 0 Å². The lowest BCUT2D eigenvalue weighted by Gasteiger charge is -2.24. The molecule has 0 amide bonds.